The normalized spacial score (nSPS) is 28.8. The number of hydrogen-bond acceptors (Lipinski definition) is 8. The predicted octanol–water partition coefficient (Wildman–Crippen LogP) is 3.49. The second-order valence-corrected chi connectivity index (χ2v) is 11.5. The van der Waals surface area contributed by atoms with Crippen LogP contribution in [0.3, 0.4) is 0 Å². The van der Waals surface area contributed by atoms with E-state index < -0.39 is 40.5 Å². The highest BCUT2D eigenvalue weighted by atomic mass is 19.4. The van der Waals surface area contributed by atoms with Crippen LogP contribution in [0.15, 0.2) is 34.5 Å². The van der Waals surface area contributed by atoms with Crippen LogP contribution in [0.2, 0.25) is 0 Å². The van der Waals surface area contributed by atoms with Gasteiger partial charge in [-0.1, -0.05) is 13.8 Å². The lowest BCUT2D eigenvalue weighted by molar-refractivity contribution is -0.147. The Morgan fingerprint density at radius 2 is 1.74 bits per heavy atom. The number of nitrogens with zero attached hydrogens (tertiary/aromatic N) is 1. The van der Waals surface area contributed by atoms with E-state index in [1.54, 1.807) is 19.9 Å². The van der Waals surface area contributed by atoms with Crippen molar-refractivity contribution in [1.29, 1.82) is 0 Å². The van der Waals surface area contributed by atoms with Gasteiger partial charge in [-0.2, -0.15) is 13.2 Å². The minimum absolute atomic E-state index is 0.0127. The lowest BCUT2D eigenvalue weighted by atomic mass is 9.73. The van der Waals surface area contributed by atoms with E-state index in [4.69, 9.17) is 21.9 Å². The Morgan fingerprint density at radius 3 is 2.31 bits per heavy atom. The maximum Gasteiger partial charge on any atom is 0.431 e. The largest absolute Gasteiger partial charge is 0.461 e. The SMILES string of the molecule is CC1(C)CC(=O)C(=C(N)C(F)(F)F)C(=Nc2ccc(C(N)=O)c(NC3CC4CC(OC(=O)CN)C[C@H]4C3)c2)C1. The summed E-state index contributed by atoms with van der Waals surface area (Å²) in [5.41, 5.74) is 14.5. The molecule has 4 rings (SSSR count). The number of hydrogen-bond donors (Lipinski definition) is 4. The fraction of sp³-hybridized carbons (Fsp3) is 0.556. The molecule has 39 heavy (non-hydrogen) atoms. The molecule has 1 aromatic carbocycles. The third kappa shape index (κ3) is 6.43. The van der Waals surface area contributed by atoms with E-state index >= 15 is 0 Å². The monoisotopic (exact) mass is 549 g/mol. The average molecular weight is 550 g/mol. The molecule has 1 amide bonds. The lowest BCUT2D eigenvalue weighted by Gasteiger charge is -2.32. The molecule has 0 spiro atoms. The first-order chi connectivity index (χ1) is 18.2. The molecule has 3 aliphatic carbocycles. The van der Waals surface area contributed by atoms with Crippen molar-refractivity contribution in [1.82, 2.24) is 0 Å². The van der Waals surface area contributed by atoms with Crippen molar-refractivity contribution in [3.05, 3.63) is 35.0 Å². The van der Waals surface area contributed by atoms with Gasteiger partial charge in [-0.05, 0) is 67.6 Å². The van der Waals surface area contributed by atoms with Crippen LogP contribution in [0.4, 0.5) is 24.5 Å². The van der Waals surface area contributed by atoms with E-state index in [-0.39, 0.29) is 48.5 Å². The fourth-order valence-corrected chi connectivity index (χ4v) is 6.15. The third-order valence-electron chi connectivity index (χ3n) is 7.76. The zero-order valence-corrected chi connectivity index (χ0v) is 21.9. The van der Waals surface area contributed by atoms with Gasteiger partial charge >= 0.3 is 12.1 Å². The minimum Gasteiger partial charge on any atom is -0.461 e. The highest BCUT2D eigenvalue weighted by Gasteiger charge is 2.44. The number of amides is 1. The molecule has 0 radical (unpaired) electrons. The number of allylic oxidation sites excluding steroid dienone is 2. The summed E-state index contributed by atoms with van der Waals surface area (Å²) in [6.45, 7) is 3.41. The number of alkyl halides is 3. The van der Waals surface area contributed by atoms with Crippen LogP contribution in [0.5, 0.6) is 0 Å². The zero-order valence-electron chi connectivity index (χ0n) is 21.9. The summed E-state index contributed by atoms with van der Waals surface area (Å²) in [6, 6.07) is 4.51. The molecule has 0 heterocycles. The summed E-state index contributed by atoms with van der Waals surface area (Å²) < 4.78 is 45.8. The highest BCUT2D eigenvalue weighted by molar-refractivity contribution is 6.25. The quantitative estimate of drug-likeness (QED) is 0.312. The first-order valence-corrected chi connectivity index (χ1v) is 12.9. The maximum atomic E-state index is 13.5. The molecule has 12 heteroatoms. The van der Waals surface area contributed by atoms with Crippen molar-refractivity contribution in [3.63, 3.8) is 0 Å². The van der Waals surface area contributed by atoms with Crippen molar-refractivity contribution in [2.75, 3.05) is 11.9 Å². The van der Waals surface area contributed by atoms with Gasteiger partial charge < -0.3 is 27.3 Å². The van der Waals surface area contributed by atoms with Crippen LogP contribution < -0.4 is 22.5 Å². The molecule has 7 N–H and O–H groups in total. The number of anilines is 1. The Bertz CT molecular complexity index is 1230. The van der Waals surface area contributed by atoms with Crippen molar-refractivity contribution in [2.45, 2.75) is 70.7 Å². The van der Waals surface area contributed by atoms with Crippen LogP contribution in [-0.2, 0) is 14.3 Å². The lowest BCUT2D eigenvalue weighted by Crippen LogP contribution is -2.36. The van der Waals surface area contributed by atoms with Crippen LogP contribution in [0.1, 0.15) is 62.7 Å². The van der Waals surface area contributed by atoms with Crippen LogP contribution in [-0.4, -0.2) is 48.2 Å². The molecular formula is C27H34F3N5O4. The van der Waals surface area contributed by atoms with Crippen molar-refractivity contribution in [3.8, 4) is 0 Å². The second-order valence-electron chi connectivity index (χ2n) is 11.5. The summed E-state index contributed by atoms with van der Waals surface area (Å²) in [7, 11) is 0. The number of carbonyl (C=O) groups is 3. The fourth-order valence-electron chi connectivity index (χ4n) is 6.15. The molecule has 212 valence electrons. The Balaban J connectivity index is 1.59. The molecular weight excluding hydrogens is 515 g/mol. The van der Waals surface area contributed by atoms with E-state index in [9.17, 15) is 27.6 Å². The zero-order chi connectivity index (χ0) is 28.7. The number of ketones is 1. The number of ether oxygens (including phenoxy) is 1. The van der Waals surface area contributed by atoms with Gasteiger partial charge in [-0.25, -0.2) is 0 Å². The Kier molecular flexibility index (Phi) is 7.79. The highest BCUT2D eigenvalue weighted by Crippen LogP contribution is 2.46. The number of nitrogens with two attached hydrogens (primary N) is 3. The van der Waals surface area contributed by atoms with Gasteiger partial charge in [0.2, 0.25) is 0 Å². The van der Waals surface area contributed by atoms with Crippen molar-refractivity contribution < 1.29 is 32.3 Å². The standard InChI is InChI=1S/C27H34F3N5O4/c1-26(2)10-20(23(21(36)11-26)24(32)27(28,29)30)34-15-3-4-18(25(33)38)19(9-15)35-16-5-13-7-17(8-14(13)6-16)39-22(37)12-31/h3-4,9,13-14,16-17,35H,5-8,10-12,31-32H2,1-2H3,(H2,33,38)/t13-,14?,16?,17?/m1/s1. The van der Waals surface area contributed by atoms with Gasteiger partial charge in [0.05, 0.1) is 29.1 Å². The first kappa shape index (κ1) is 28.6. The molecule has 3 unspecified atom stereocenters. The molecule has 4 atom stereocenters. The molecule has 0 aliphatic heterocycles. The molecule has 3 saturated carbocycles. The van der Waals surface area contributed by atoms with Crippen molar-refractivity contribution in [2.24, 2.45) is 39.4 Å². The van der Waals surface area contributed by atoms with Gasteiger partial charge in [0.15, 0.2) is 5.78 Å². The average Bonchev–Trinajstić information content (AvgIpc) is 3.34. The molecule has 0 aromatic heterocycles. The number of benzene rings is 1. The van der Waals surface area contributed by atoms with Crippen molar-refractivity contribution >= 4 is 34.7 Å². The minimum atomic E-state index is -4.88. The van der Waals surface area contributed by atoms with E-state index in [2.05, 4.69) is 10.3 Å². The number of halogens is 3. The van der Waals surface area contributed by atoms with Gasteiger partial charge in [-0.15, -0.1) is 0 Å². The van der Waals surface area contributed by atoms with Gasteiger partial charge in [-0.3, -0.25) is 19.4 Å². The summed E-state index contributed by atoms with van der Waals surface area (Å²) in [5, 5.41) is 3.37. The van der Waals surface area contributed by atoms with Crippen LogP contribution in [0.25, 0.3) is 0 Å². The summed E-state index contributed by atoms with van der Waals surface area (Å²) in [4.78, 5) is 40.8. The van der Waals surface area contributed by atoms with Crippen LogP contribution in [0, 0.1) is 17.3 Å². The van der Waals surface area contributed by atoms with Crippen LogP contribution >= 0.6 is 0 Å². The molecule has 1 aromatic rings. The number of nitrogens with one attached hydrogen (secondary N) is 1. The second kappa shape index (κ2) is 10.6. The first-order valence-electron chi connectivity index (χ1n) is 12.9. The number of rotatable bonds is 6. The van der Waals surface area contributed by atoms with Gasteiger partial charge in [0.25, 0.3) is 5.91 Å². The number of carbonyl (C=O) groups excluding carboxylic acids is 3. The molecule has 3 fully saturated rings. The van der Waals surface area contributed by atoms with E-state index in [0.29, 0.717) is 17.5 Å². The number of esters is 1. The number of primary amides is 1. The number of aliphatic imine (C=N–C) groups is 1. The van der Waals surface area contributed by atoms with E-state index in [1.165, 1.54) is 12.1 Å². The van der Waals surface area contributed by atoms with E-state index in [1.807, 2.05) is 0 Å². The third-order valence-corrected chi connectivity index (χ3v) is 7.76. The molecule has 9 nitrogen and oxygen atoms in total. The molecule has 3 aliphatic rings. The maximum absolute atomic E-state index is 13.5. The Morgan fingerprint density at radius 1 is 1.10 bits per heavy atom. The predicted molar refractivity (Wildman–Crippen MR) is 139 cm³/mol. The van der Waals surface area contributed by atoms with Gasteiger partial charge in [0.1, 0.15) is 11.8 Å². The Labute approximate surface area is 224 Å². The summed E-state index contributed by atoms with van der Waals surface area (Å²) in [5.74, 6) is -1.12. The molecule has 0 saturated heterocycles. The Hall–Kier alpha value is -3.41. The number of Topliss-reactive ketones (excluding diaryl/α,β-unsaturated/α-hetero) is 1. The smallest absolute Gasteiger partial charge is 0.431 e. The topological polar surface area (TPSA) is 163 Å². The number of fused-ring (bicyclic) bond motifs is 1. The summed E-state index contributed by atoms with van der Waals surface area (Å²) in [6.07, 6.45) is -1.93. The van der Waals surface area contributed by atoms with Gasteiger partial charge in [0, 0.05) is 18.2 Å². The molecule has 0 bridgehead atoms. The summed E-state index contributed by atoms with van der Waals surface area (Å²) >= 11 is 0. The van der Waals surface area contributed by atoms with E-state index in [0.717, 1.165) is 25.7 Å².